The predicted octanol–water partition coefficient (Wildman–Crippen LogP) is 6.79. The van der Waals surface area contributed by atoms with E-state index in [4.69, 9.17) is 14.5 Å². The van der Waals surface area contributed by atoms with Crippen LogP contribution in [0.4, 0.5) is 0 Å². The lowest BCUT2D eigenvalue weighted by molar-refractivity contribution is 0.00152. The van der Waals surface area contributed by atoms with Gasteiger partial charge >= 0.3 is 0 Å². The molecule has 0 spiro atoms. The smallest absolute Gasteiger partial charge is 0.161 e. The molecule has 3 heterocycles. The van der Waals surface area contributed by atoms with Crippen LogP contribution in [0.25, 0.3) is 22.4 Å². The number of aromatic nitrogens is 2. The van der Waals surface area contributed by atoms with Crippen LogP contribution in [0.1, 0.15) is 76.8 Å². The molecule has 5 rings (SSSR count). The maximum Gasteiger partial charge on any atom is 0.161 e. The van der Waals surface area contributed by atoms with Crippen LogP contribution in [0.15, 0.2) is 30.3 Å². The Labute approximate surface area is 235 Å². The fraction of sp³-hybridized carbons (Fsp3) is 0.606. The van der Waals surface area contributed by atoms with Crippen LogP contribution in [0.3, 0.4) is 0 Å². The molecule has 3 aromatic rings. The SMILES string of the molecule is CCC1CC(c2cc(C)c3nc(-c4ccc(OC)c(OC)c4)n(C)c3c2)CC(C)N1C1CCN(C(C)C)CC1. The maximum atomic E-state index is 5.56. The minimum absolute atomic E-state index is 0.583. The number of nitrogens with zero attached hydrogens (tertiary/aromatic N) is 4. The van der Waals surface area contributed by atoms with Crippen molar-refractivity contribution >= 4 is 11.0 Å². The van der Waals surface area contributed by atoms with Crippen molar-refractivity contribution in [1.82, 2.24) is 19.4 Å². The number of fused-ring (bicyclic) bond motifs is 1. The van der Waals surface area contributed by atoms with Crippen molar-refractivity contribution in [2.75, 3.05) is 27.3 Å². The van der Waals surface area contributed by atoms with E-state index in [0.717, 1.165) is 34.4 Å². The Bertz CT molecular complexity index is 1290. The topological polar surface area (TPSA) is 42.8 Å². The number of imidazole rings is 1. The third-order valence-corrected chi connectivity index (χ3v) is 9.55. The summed E-state index contributed by atoms with van der Waals surface area (Å²) in [6.07, 6.45) is 6.32. The number of likely N-dealkylation sites (tertiary alicyclic amines) is 2. The number of hydrogen-bond donors (Lipinski definition) is 0. The molecule has 2 fully saturated rings. The van der Waals surface area contributed by atoms with Crippen LogP contribution < -0.4 is 9.47 Å². The molecule has 3 unspecified atom stereocenters. The molecule has 0 bridgehead atoms. The number of hydrogen-bond acceptors (Lipinski definition) is 5. The summed E-state index contributed by atoms with van der Waals surface area (Å²) in [7, 11) is 5.48. The monoisotopic (exact) mass is 532 g/mol. The van der Waals surface area contributed by atoms with Gasteiger partial charge in [-0.3, -0.25) is 4.90 Å². The number of benzene rings is 2. The minimum atomic E-state index is 0.583. The van der Waals surface area contributed by atoms with Gasteiger partial charge in [0.25, 0.3) is 0 Å². The van der Waals surface area contributed by atoms with E-state index >= 15 is 0 Å². The van der Waals surface area contributed by atoms with Gasteiger partial charge in [0.15, 0.2) is 11.5 Å². The van der Waals surface area contributed by atoms with Crippen LogP contribution in [0.2, 0.25) is 0 Å². The van der Waals surface area contributed by atoms with Crippen molar-refractivity contribution < 1.29 is 9.47 Å². The lowest BCUT2D eigenvalue weighted by Gasteiger charge is -2.50. The van der Waals surface area contributed by atoms with Gasteiger partial charge in [0, 0.05) is 36.8 Å². The fourth-order valence-corrected chi connectivity index (χ4v) is 7.40. The van der Waals surface area contributed by atoms with E-state index in [-0.39, 0.29) is 0 Å². The third-order valence-electron chi connectivity index (χ3n) is 9.55. The van der Waals surface area contributed by atoms with Crippen molar-refractivity contribution in [3.05, 3.63) is 41.5 Å². The fourth-order valence-electron chi connectivity index (χ4n) is 7.40. The Balaban J connectivity index is 1.41. The van der Waals surface area contributed by atoms with Gasteiger partial charge in [0.05, 0.1) is 25.3 Å². The lowest BCUT2D eigenvalue weighted by atomic mass is 9.79. The highest BCUT2D eigenvalue weighted by molar-refractivity contribution is 5.84. The summed E-state index contributed by atoms with van der Waals surface area (Å²) >= 11 is 0. The van der Waals surface area contributed by atoms with Gasteiger partial charge in [-0.1, -0.05) is 13.0 Å². The molecule has 0 N–H and O–H groups in total. The number of piperidine rings is 2. The Kier molecular flexibility index (Phi) is 8.25. The zero-order valence-electron chi connectivity index (χ0n) is 25.3. The zero-order valence-corrected chi connectivity index (χ0v) is 25.3. The highest BCUT2D eigenvalue weighted by atomic mass is 16.5. The van der Waals surface area contributed by atoms with Crippen LogP contribution in [0.5, 0.6) is 11.5 Å². The first-order valence-electron chi connectivity index (χ1n) is 15.0. The van der Waals surface area contributed by atoms with Crippen molar-refractivity contribution in [1.29, 1.82) is 0 Å². The van der Waals surface area contributed by atoms with Crippen molar-refractivity contribution in [2.24, 2.45) is 7.05 Å². The number of aryl methyl sites for hydroxylation is 2. The summed E-state index contributed by atoms with van der Waals surface area (Å²) in [6, 6.07) is 13.5. The molecule has 3 atom stereocenters. The number of ether oxygens (including phenoxy) is 2. The van der Waals surface area contributed by atoms with E-state index in [1.807, 2.05) is 12.1 Å². The molecule has 2 aliphatic heterocycles. The van der Waals surface area contributed by atoms with E-state index < -0.39 is 0 Å². The average Bonchev–Trinajstić information content (AvgIpc) is 3.28. The molecule has 0 aliphatic carbocycles. The minimum Gasteiger partial charge on any atom is -0.493 e. The molecule has 6 heteroatoms. The summed E-state index contributed by atoms with van der Waals surface area (Å²) < 4.78 is 13.3. The number of rotatable bonds is 7. The molecule has 0 amide bonds. The van der Waals surface area contributed by atoms with Crippen molar-refractivity contribution in [3.8, 4) is 22.9 Å². The summed E-state index contributed by atoms with van der Waals surface area (Å²) in [5.74, 6) is 2.99. The first-order chi connectivity index (χ1) is 18.7. The molecule has 212 valence electrons. The molecular weight excluding hydrogens is 484 g/mol. The van der Waals surface area contributed by atoms with Crippen molar-refractivity contribution in [2.45, 2.75) is 96.8 Å². The van der Waals surface area contributed by atoms with Gasteiger partial charge in [0.1, 0.15) is 5.82 Å². The highest BCUT2D eigenvalue weighted by Gasteiger charge is 2.38. The summed E-state index contributed by atoms with van der Waals surface area (Å²) in [6.45, 7) is 14.2. The summed E-state index contributed by atoms with van der Waals surface area (Å²) in [5, 5.41) is 0. The first-order valence-corrected chi connectivity index (χ1v) is 15.0. The third kappa shape index (κ3) is 5.30. The van der Waals surface area contributed by atoms with E-state index in [0.29, 0.717) is 24.0 Å². The molecule has 0 radical (unpaired) electrons. The first kappa shape index (κ1) is 28.0. The molecule has 2 aliphatic rings. The average molecular weight is 533 g/mol. The van der Waals surface area contributed by atoms with E-state index in [2.05, 4.69) is 74.2 Å². The van der Waals surface area contributed by atoms with Gasteiger partial charge in [-0.25, -0.2) is 4.98 Å². The van der Waals surface area contributed by atoms with E-state index in [1.54, 1.807) is 14.2 Å². The van der Waals surface area contributed by atoms with Crippen LogP contribution in [0, 0.1) is 6.92 Å². The molecule has 1 aromatic heterocycles. The Hall–Kier alpha value is -2.57. The Morgan fingerprint density at radius 2 is 1.72 bits per heavy atom. The van der Waals surface area contributed by atoms with Gasteiger partial charge in [0.2, 0.25) is 0 Å². The molecular formula is C33H48N4O2. The van der Waals surface area contributed by atoms with Gasteiger partial charge in [-0.05, 0) is 114 Å². The van der Waals surface area contributed by atoms with Crippen molar-refractivity contribution in [3.63, 3.8) is 0 Å². The zero-order chi connectivity index (χ0) is 27.8. The van der Waals surface area contributed by atoms with Gasteiger partial charge in [-0.2, -0.15) is 0 Å². The van der Waals surface area contributed by atoms with E-state index in [9.17, 15) is 0 Å². The number of methoxy groups -OCH3 is 2. The molecule has 39 heavy (non-hydrogen) atoms. The molecule has 2 saturated heterocycles. The van der Waals surface area contributed by atoms with Gasteiger partial charge < -0.3 is 18.9 Å². The predicted molar refractivity (Wildman–Crippen MR) is 161 cm³/mol. The second kappa shape index (κ2) is 11.5. The van der Waals surface area contributed by atoms with Crippen LogP contribution in [-0.2, 0) is 7.05 Å². The van der Waals surface area contributed by atoms with Crippen LogP contribution >= 0.6 is 0 Å². The van der Waals surface area contributed by atoms with Crippen LogP contribution in [-0.4, -0.2) is 70.8 Å². The molecule has 0 saturated carbocycles. The Morgan fingerprint density at radius 3 is 2.36 bits per heavy atom. The largest absolute Gasteiger partial charge is 0.493 e. The molecule has 6 nitrogen and oxygen atoms in total. The van der Waals surface area contributed by atoms with Gasteiger partial charge in [-0.15, -0.1) is 0 Å². The summed E-state index contributed by atoms with van der Waals surface area (Å²) in [5.41, 5.74) is 6.05. The summed E-state index contributed by atoms with van der Waals surface area (Å²) in [4.78, 5) is 10.7. The maximum absolute atomic E-state index is 5.56. The second-order valence-corrected chi connectivity index (χ2v) is 12.2. The highest BCUT2D eigenvalue weighted by Crippen LogP contribution is 2.41. The second-order valence-electron chi connectivity index (χ2n) is 12.2. The quantitative estimate of drug-likeness (QED) is 0.335. The lowest BCUT2D eigenvalue weighted by Crippen LogP contribution is -2.56. The standard InChI is InChI=1S/C33H48N4O2/c1-9-27-18-26(17-23(5)37(27)28-12-14-36(15-13-28)21(2)3)25-16-22(4)32-29(19-25)35(6)33(34-32)24-10-11-30(38-7)31(20-24)39-8/h10-11,16,19-21,23,26-28H,9,12-15,17-18H2,1-8H3. The molecule has 2 aromatic carbocycles. The van der Waals surface area contributed by atoms with E-state index in [1.165, 1.54) is 61.8 Å². The normalized spacial score (nSPS) is 23.6. The Morgan fingerprint density at radius 1 is 1.00 bits per heavy atom.